The van der Waals surface area contributed by atoms with Crippen molar-refractivity contribution in [2.45, 2.75) is 0 Å². The van der Waals surface area contributed by atoms with Crippen molar-refractivity contribution in [2.75, 3.05) is 14.2 Å². The maximum Gasteiger partial charge on any atom is 0.270 e. The molecule has 0 fully saturated rings. The second-order valence-electron chi connectivity index (χ2n) is 3.72. The van der Waals surface area contributed by atoms with E-state index in [0.29, 0.717) is 5.90 Å². The minimum absolute atomic E-state index is 0.217. The number of benzene rings is 1. The predicted octanol–water partition coefficient (Wildman–Crippen LogP) is 1.71. The SMILES string of the molecule is CO/C(=N\n1ccccc1=O)c1ccc(OC)cc1. The minimum Gasteiger partial charge on any atom is -0.497 e. The fourth-order valence-corrected chi connectivity index (χ4v) is 1.55. The number of nitrogens with zero attached hydrogens (tertiary/aromatic N) is 2. The average Bonchev–Trinajstić information content (AvgIpc) is 2.47. The van der Waals surface area contributed by atoms with Gasteiger partial charge in [0.2, 0.25) is 5.90 Å². The number of ether oxygens (including phenoxy) is 2. The molecule has 0 spiro atoms. The molecule has 0 unspecified atom stereocenters. The van der Waals surface area contributed by atoms with Crippen LogP contribution < -0.4 is 10.3 Å². The molecule has 0 N–H and O–H groups in total. The van der Waals surface area contributed by atoms with Crippen LogP contribution in [0.2, 0.25) is 0 Å². The van der Waals surface area contributed by atoms with Gasteiger partial charge in [0.15, 0.2) is 0 Å². The first-order valence-corrected chi connectivity index (χ1v) is 5.69. The molecule has 0 aliphatic rings. The second kappa shape index (κ2) is 5.86. The summed E-state index contributed by atoms with van der Waals surface area (Å²) in [6, 6.07) is 12.1. The van der Waals surface area contributed by atoms with Gasteiger partial charge in [-0.05, 0) is 30.3 Å². The quantitative estimate of drug-likeness (QED) is 0.622. The Kier molecular flexibility index (Phi) is 3.97. The van der Waals surface area contributed by atoms with Gasteiger partial charge in [-0.25, -0.2) is 4.68 Å². The standard InChI is InChI=1S/C14H14N2O3/c1-18-12-8-6-11(7-9-12)14(19-2)15-16-10-4-3-5-13(16)17/h3-10H,1-2H3/b15-14-. The van der Waals surface area contributed by atoms with Gasteiger partial charge in [0.05, 0.1) is 14.2 Å². The lowest BCUT2D eigenvalue weighted by atomic mass is 10.2. The van der Waals surface area contributed by atoms with Crippen LogP contribution in [0, 0.1) is 0 Å². The van der Waals surface area contributed by atoms with Crippen molar-refractivity contribution in [3.8, 4) is 5.75 Å². The van der Waals surface area contributed by atoms with Gasteiger partial charge >= 0.3 is 0 Å². The van der Waals surface area contributed by atoms with Gasteiger partial charge in [0, 0.05) is 17.8 Å². The first-order valence-electron chi connectivity index (χ1n) is 5.69. The molecule has 0 saturated heterocycles. The minimum atomic E-state index is -0.217. The fraction of sp³-hybridized carbons (Fsp3) is 0.143. The van der Waals surface area contributed by atoms with Crippen LogP contribution in [0.4, 0.5) is 0 Å². The highest BCUT2D eigenvalue weighted by Crippen LogP contribution is 2.12. The molecule has 0 saturated carbocycles. The monoisotopic (exact) mass is 258 g/mol. The zero-order valence-corrected chi connectivity index (χ0v) is 10.7. The molecule has 0 amide bonds. The summed E-state index contributed by atoms with van der Waals surface area (Å²) in [5.41, 5.74) is 0.546. The highest BCUT2D eigenvalue weighted by Gasteiger charge is 2.04. The van der Waals surface area contributed by atoms with E-state index in [4.69, 9.17) is 9.47 Å². The molecule has 2 rings (SSSR count). The van der Waals surface area contributed by atoms with Gasteiger partial charge in [0.1, 0.15) is 5.75 Å². The molecule has 0 aliphatic carbocycles. The molecule has 1 aromatic heterocycles. The third-order valence-electron chi connectivity index (χ3n) is 2.53. The number of pyridine rings is 1. The van der Waals surface area contributed by atoms with Gasteiger partial charge in [-0.1, -0.05) is 6.07 Å². The molecule has 1 aromatic carbocycles. The van der Waals surface area contributed by atoms with E-state index in [1.165, 1.54) is 17.9 Å². The number of methoxy groups -OCH3 is 2. The van der Waals surface area contributed by atoms with Gasteiger partial charge < -0.3 is 9.47 Å². The maximum absolute atomic E-state index is 11.6. The third kappa shape index (κ3) is 3.01. The number of rotatable bonds is 3. The molecule has 5 nitrogen and oxygen atoms in total. The normalized spacial score (nSPS) is 11.2. The average molecular weight is 258 g/mol. The molecule has 2 aromatic rings. The van der Waals surface area contributed by atoms with Crippen molar-refractivity contribution in [2.24, 2.45) is 5.10 Å². The summed E-state index contributed by atoms with van der Waals surface area (Å²) < 4.78 is 11.5. The molecular formula is C14H14N2O3. The Morgan fingerprint density at radius 2 is 1.84 bits per heavy atom. The van der Waals surface area contributed by atoms with Crippen LogP contribution in [0.15, 0.2) is 58.6 Å². The first kappa shape index (κ1) is 12.9. The van der Waals surface area contributed by atoms with Crippen LogP contribution >= 0.6 is 0 Å². The van der Waals surface area contributed by atoms with Gasteiger partial charge in [-0.15, -0.1) is 5.10 Å². The maximum atomic E-state index is 11.6. The zero-order chi connectivity index (χ0) is 13.7. The Morgan fingerprint density at radius 3 is 2.42 bits per heavy atom. The van der Waals surface area contributed by atoms with Crippen molar-refractivity contribution >= 4 is 5.90 Å². The van der Waals surface area contributed by atoms with Crippen LogP contribution in [0.3, 0.4) is 0 Å². The van der Waals surface area contributed by atoms with Crippen molar-refractivity contribution in [3.63, 3.8) is 0 Å². The Hall–Kier alpha value is -2.56. The zero-order valence-electron chi connectivity index (χ0n) is 10.7. The third-order valence-corrected chi connectivity index (χ3v) is 2.53. The van der Waals surface area contributed by atoms with E-state index in [-0.39, 0.29) is 5.56 Å². The lowest BCUT2D eigenvalue weighted by Gasteiger charge is -2.06. The summed E-state index contributed by atoms with van der Waals surface area (Å²) in [6.07, 6.45) is 1.57. The van der Waals surface area contributed by atoms with Crippen molar-refractivity contribution in [1.82, 2.24) is 4.68 Å². The van der Waals surface area contributed by atoms with Gasteiger partial charge in [-0.3, -0.25) is 4.79 Å². The van der Waals surface area contributed by atoms with E-state index < -0.39 is 0 Å². The number of hydrogen-bond donors (Lipinski definition) is 0. The van der Waals surface area contributed by atoms with Crippen molar-refractivity contribution in [3.05, 3.63) is 64.6 Å². The molecule has 0 aliphatic heterocycles. The summed E-state index contributed by atoms with van der Waals surface area (Å²) in [6.45, 7) is 0. The van der Waals surface area contributed by atoms with E-state index in [0.717, 1.165) is 11.3 Å². The molecule has 19 heavy (non-hydrogen) atoms. The van der Waals surface area contributed by atoms with Gasteiger partial charge in [-0.2, -0.15) is 0 Å². The lowest BCUT2D eigenvalue weighted by molar-refractivity contribution is 0.398. The summed E-state index contributed by atoms with van der Waals surface area (Å²) in [5, 5.41) is 4.16. The van der Waals surface area contributed by atoms with Gasteiger partial charge in [0.25, 0.3) is 5.56 Å². The predicted molar refractivity (Wildman–Crippen MR) is 72.6 cm³/mol. The van der Waals surface area contributed by atoms with Crippen molar-refractivity contribution < 1.29 is 9.47 Å². The first-order chi connectivity index (χ1) is 9.24. The second-order valence-corrected chi connectivity index (χ2v) is 3.72. The fourth-order valence-electron chi connectivity index (χ4n) is 1.55. The van der Waals surface area contributed by atoms with Crippen molar-refractivity contribution in [1.29, 1.82) is 0 Å². The summed E-state index contributed by atoms with van der Waals surface area (Å²) >= 11 is 0. The van der Waals surface area contributed by atoms with Crippen LogP contribution in [0.5, 0.6) is 5.75 Å². The topological polar surface area (TPSA) is 52.8 Å². The summed E-state index contributed by atoms with van der Waals surface area (Å²) in [7, 11) is 3.11. The Bertz CT molecular complexity index is 630. The van der Waals surface area contributed by atoms with Crippen LogP contribution in [-0.4, -0.2) is 24.8 Å². The Morgan fingerprint density at radius 1 is 1.11 bits per heavy atom. The van der Waals surface area contributed by atoms with Crippen LogP contribution in [0.25, 0.3) is 0 Å². The highest BCUT2D eigenvalue weighted by atomic mass is 16.5. The highest BCUT2D eigenvalue weighted by molar-refractivity contribution is 5.94. The molecule has 0 atom stereocenters. The Labute approximate surface area is 110 Å². The van der Waals surface area contributed by atoms with E-state index in [2.05, 4.69) is 5.10 Å². The molecular weight excluding hydrogens is 244 g/mol. The smallest absolute Gasteiger partial charge is 0.270 e. The number of aromatic nitrogens is 1. The van der Waals surface area contributed by atoms with E-state index in [9.17, 15) is 4.79 Å². The summed E-state index contributed by atoms with van der Waals surface area (Å²) in [4.78, 5) is 11.6. The molecule has 1 heterocycles. The Balaban J connectivity index is 2.39. The van der Waals surface area contributed by atoms with E-state index >= 15 is 0 Å². The van der Waals surface area contributed by atoms with Crippen LogP contribution in [0.1, 0.15) is 5.56 Å². The van der Waals surface area contributed by atoms with E-state index in [1.54, 1.807) is 37.6 Å². The molecule has 0 radical (unpaired) electrons. The number of hydrogen-bond acceptors (Lipinski definition) is 4. The molecule has 0 bridgehead atoms. The molecule has 98 valence electrons. The lowest BCUT2D eigenvalue weighted by Crippen LogP contribution is -2.17. The molecule has 5 heteroatoms. The van der Waals surface area contributed by atoms with Crippen LogP contribution in [-0.2, 0) is 4.74 Å². The summed E-state index contributed by atoms with van der Waals surface area (Å²) in [5.74, 6) is 1.10. The van der Waals surface area contributed by atoms with E-state index in [1.807, 2.05) is 12.1 Å². The largest absolute Gasteiger partial charge is 0.497 e.